The van der Waals surface area contributed by atoms with Crippen LogP contribution in [0.4, 0.5) is 14.7 Å². The standard InChI is InChI=1S/C16H18F2N6O/c1-23-16(20-21-22-23)24-9-7-11(8-10-24)19-15(25)6-5-12-13(17)3-2-4-14(12)18/h2-6,11H,7-10H2,1H3,(H,19,25). The van der Waals surface area contributed by atoms with Crippen molar-refractivity contribution >= 4 is 17.9 Å². The van der Waals surface area contributed by atoms with Crippen LogP contribution in [0.2, 0.25) is 0 Å². The van der Waals surface area contributed by atoms with Gasteiger partial charge in [0.25, 0.3) is 0 Å². The zero-order chi connectivity index (χ0) is 17.8. The minimum Gasteiger partial charge on any atom is -0.350 e. The third-order valence-corrected chi connectivity index (χ3v) is 4.12. The first-order chi connectivity index (χ1) is 12.0. The maximum absolute atomic E-state index is 13.5. The molecule has 0 aliphatic carbocycles. The van der Waals surface area contributed by atoms with E-state index in [0.29, 0.717) is 19.0 Å². The normalized spacial score (nSPS) is 15.7. The van der Waals surface area contributed by atoms with E-state index in [1.807, 2.05) is 4.90 Å². The number of aromatic nitrogens is 4. The van der Waals surface area contributed by atoms with Gasteiger partial charge in [0.05, 0.1) is 0 Å². The van der Waals surface area contributed by atoms with Crippen LogP contribution in [-0.2, 0) is 11.8 Å². The van der Waals surface area contributed by atoms with E-state index in [9.17, 15) is 13.6 Å². The number of hydrogen-bond donors (Lipinski definition) is 1. The molecule has 1 fully saturated rings. The van der Waals surface area contributed by atoms with Gasteiger partial charge >= 0.3 is 0 Å². The van der Waals surface area contributed by atoms with Crippen LogP contribution in [0.15, 0.2) is 24.3 Å². The predicted octanol–water partition coefficient (Wildman–Crippen LogP) is 1.29. The summed E-state index contributed by atoms with van der Waals surface area (Å²) >= 11 is 0. The number of piperidine rings is 1. The summed E-state index contributed by atoms with van der Waals surface area (Å²) in [5.41, 5.74) is -0.220. The lowest BCUT2D eigenvalue weighted by Gasteiger charge is -2.32. The van der Waals surface area contributed by atoms with Crippen LogP contribution in [0.5, 0.6) is 0 Å². The van der Waals surface area contributed by atoms with Gasteiger partial charge in [0.2, 0.25) is 11.9 Å². The van der Waals surface area contributed by atoms with E-state index in [1.54, 1.807) is 11.7 Å². The summed E-state index contributed by atoms with van der Waals surface area (Å²) < 4.78 is 28.6. The molecule has 25 heavy (non-hydrogen) atoms. The predicted molar refractivity (Wildman–Crippen MR) is 87.6 cm³/mol. The maximum Gasteiger partial charge on any atom is 0.245 e. The van der Waals surface area contributed by atoms with Gasteiger partial charge in [0.15, 0.2) is 0 Å². The molecule has 0 bridgehead atoms. The quantitative estimate of drug-likeness (QED) is 0.843. The molecule has 0 spiro atoms. The molecule has 1 aromatic carbocycles. The van der Waals surface area contributed by atoms with Crippen molar-refractivity contribution < 1.29 is 13.6 Å². The second-order valence-corrected chi connectivity index (χ2v) is 5.84. The molecule has 1 aromatic heterocycles. The Bertz CT molecular complexity index is 762. The minimum absolute atomic E-state index is 0.0000500. The van der Waals surface area contributed by atoms with Crippen molar-refractivity contribution in [3.8, 4) is 0 Å². The molecule has 7 nitrogen and oxygen atoms in total. The van der Waals surface area contributed by atoms with E-state index >= 15 is 0 Å². The van der Waals surface area contributed by atoms with E-state index in [4.69, 9.17) is 0 Å². The number of tetrazole rings is 1. The fraction of sp³-hybridized carbons (Fsp3) is 0.375. The number of nitrogens with one attached hydrogen (secondary N) is 1. The number of anilines is 1. The summed E-state index contributed by atoms with van der Waals surface area (Å²) in [5.74, 6) is -1.08. The first-order valence-corrected chi connectivity index (χ1v) is 7.94. The third kappa shape index (κ3) is 3.98. The average molecular weight is 348 g/mol. The van der Waals surface area contributed by atoms with Crippen molar-refractivity contribution in [1.82, 2.24) is 25.5 Å². The lowest BCUT2D eigenvalue weighted by atomic mass is 10.1. The van der Waals surface area contributed by atoms with Crippen molar-refractivity contribution in [2.45, 2.75) is 18.9 Å². The zero-order valence-corrected chi connectivity index (χ0v) is 13.7. The zero-order valence-electron chi connectivity index (χ0n) is 13.7. The number of amides is 1. The minimum atomic E-state index is -0.699. The smallest absolute Gasteiger partial charge is 0.245 e. The lowest BCUT2D eigenvalue weighted by molar-refractivity contribution is -0.117. The molecule has 0 radical (unpaired) electrons. The molecular weight excluding hydrogens is 330 g/mol. The van der Waals surface area contributed by atoms with E-state index in [2.05, 4.69) is 20.8 Å². The molecule has 2 aromatic rings. The third-order valence-electron chi connectivity index (χ3n) is 4.12. The fourth-order valence-corrected chi connectivity index (χ4v) is 2.79. The number of rotatable bonds is 4. The molecule has 0 unspecified atom stereocenters. The first kappa shape index (κ1) is 17.0. The molecule has 0 atom stereocenters. The molecule has 132 valence electrons. The molecule has 2 heterocycles. The van der Waals surface area contributed by atoms with Crippen LogP contribution in [0.25, 0.3) is 6.08 Å². The highest BCUT2D eigenvalue weighted by molar-refractivity contribution is 5.92. The van der Waals surface area contributed by atoms with Crippen LogP contribution < -0.4 is 10.2 Å². The summed E-state index contributed by atoms with van der Waals surface area (Å²) in [7, 11) is 1.77. The lowest BCUT2D eigenvalue weighted by Crippen LogP contribution is -2.45. The molecule has 1 saturated heterocycles. The first-order valence-electron chi connectivity index (χ1n) is 7.94. The van der Waals surface area contributed by atoms with Crippen molar-refractivity contribution in [3.05, 3.63) is 41.5 Å². The topological polar surface area (TPSA) is 75.9 Å². The Balaban J connectivity index is 1.53. The largest absolute Gasteiger partial charge is 0.350 e. The summed E-state index contributed by atoms with van der Waals surface area (Å²) in [5, 5.41) is 14.2. The summed E-state index contributed by atoms with van der Waals surface area (Å²) in [4.78, 5) is 14.0. The summed E-state index contributed by atoms with van der Waals surface area (Å²) in [6, 6.07) is 3.58. The van der Waals surface area contributed by atoms with Crippen molar-refractivity contribution in [2.75, 3.05) is 18.0 Å². The number of benzene rings is 1. The van der Waals surface area contributed by atoms with E-state index < -0.39 is 11.6 Å². The van der Waals surface area contributed by atoms with Gasteiger partial charge in [-0.25, -0.2) is 13.5 Å². The Morgan fingerprint density at radius 3 is 2.56 bits per heavy atom. The van der Waals surface area contributed by atoms with E-state index in [0.717, 1.165) is 37.1 Å². The van der Waals surface area contributed by atoms with Gasteiger partial charge in [0, 0.05) is 37.8 Å². The molecule has 0 saturated carbocycles. The van der Waals surface area contributed by atoms with Crippen LogP contribution >= 0.6 is 0 Å². The number of carbonyl (C=O) groups excluding carboxylic acids is 1. The Kier molecular flexibility index (Phi) is 5.01. The highest BCUT2D eigenvalue weighted by atomic mass is 19.1. The Labute approximate surface area is 143 Å². The Morgan fingerprint density at radius 1 is 1.28 bits per heavy atom. The summed E-state index contributed by atoms with van der Waals surface area (Å²) in [6.07, 6.45) is 3.78. The SMILES string of the molecule is Cn1nnnc1N1CCC(NC(=O)C=Cc2c(F)cccc2F)CC1. The van der Waals surface area contributed by atoms with Gasteiger partial charge in [-0.2, -0.15) is 0 Å². The van der Waals surface area contributed by atoms with Crippen LogP contribution in [-0.4, -0.2) is 45.2 Å². The van der Waals surface area contributed by atoms with Gasteiger partial charge in [-0.05, 0) is 41.5 Å². The average Bonchev–Trinajstić information content (AvgIpc) is 3.01. The number of nitrogens with zero attached hydrogens (tertiary/aromatic N) is 5. The van der Waals surface area contributed by atoms with Crippen molar-refractivity contribution in [2.24, 2.45) is 7.05 Å². The number of halogens is 2. The highest BCUT2D eigenvalue weighted by Gasteiger charge is 2.23. The maximum atomic E-state index is 13.5. The van der Waals surface area contributed by atoms with Gasteiger partial charge < -0.3 is 10.2 Å². The molecule has 1 aliphatic heterocycles. The van der Waals surface area contributed by atoms with E-state index in [1.165, 1.54) is 6.07 Å². The second-order valence-electron chi connectivity index (χ2n) is 5.84. The van der Waals surface area contributed by atoms with Crippen molar-refractivity contribution in [3.63, 3.8) is 0 Å². The van der Waals surface area contributed by atoms with Gasteiger partial charge in [-0.15, -0.1) is 0 Å². The van der Waals surface area contributed by atoms with Crippen LogP contribution in [0, 0.1) is 11.6 Å². The van der Waals surface area contributed by atoms with Crippen LogP contribution in [0.3, 0.4) is 0 Å². The van der Waals surface area contributed by atoms with Gasteiger partial charge in [0.1, 0.15) is 11.6 Å². The van der Waals surface area contributed by atoms with Gasteiger partial charge in [-0.1, -0.05) is 11.2 Å². The number of carbonyl (C=O) groups is 1. The highest BCUT2D eigenvalue weighted by Crippen LogP contribution is 2.17. The Hall–Kier alpha value is -2.84. The monoisotopic (exact) mass is 348 g/mol. The molecular formula is C16H18F2N6O. The number of aryl methyl sites for hydroxylation is 1. The molecule has 9 heteroatoms. The number of hydrogen-bond acceptors (Lipinski definition) is 5. The molecule has 1 N–H and O–H groups in total. The molecule has 3 rings (SSSR count). The Morgan fingerprint density at radius 2 is 1.96 bits per heavy atom. The van der Waals surface area contributed by atoms with E-state index in [-0.39, 0.29) is 17.5 Å². The molecule has 1 aliphatic rings. The van der Waals surface area contributed by atoms with Gasteiger partial charge in [-0.3, -0.25) is 4.79 Å². The van der Waals surface area contributed by atoms with Crippen molar-refractivity contribution in [1.29, 1.82) is 0 Å². The second kappa shape index (κ2) is 7.37. The summed E-state index contributed by atoms with van der Waals surface area (Å²) in [6.45, 7) is 1.43. The molecule has 1 amide bonds. The van der Waals surface area contributed by atoms with Crippen LogP contribution in [0.1, 0.15) is 18.4 Å². The fourth-order valence-electron chi connectivity index (χ4n) is 2.79.